The molecule has 230 valence electrons. The number of hydrogen-bond donors (Lipinski definition) is 2. The number of carboxylic acids is 2. The van der Waals surface area contributed by atoms with E-state index in [0.29, 0.717) is 0 Å². The summed E-state index contributed by atoms with van der Waals surface area (Å²) in [5.74, 6) is -4.47. The Morgan fingerprint density at radius 2 is 1.12 bits per heavy atom. The maximum absolute atomic E-state index is 12.3. The van der Waals surface area contributed by atoms with Crippen LogP contribution in [0.2, 0.25) is 0 Å². The molecule has 0 unspecified atom stereocenters. The fourth-order valence-corrected chi connectivity index (χ4v) is 3.67. The van der Waals surface area contributed by atoms with Crippen molar-refractivity contribution in [2.45, 2.75) is 25.9 Å². The summed E-state index contributed by atoms with van der Waals surface area (Å²) < 4.78 is 12.7. The first-order valence-corrected chi connectivity index (χ1v) is 12.4. The Kier molecular flexibility index (Phi) is 13.4. The lowest BCUT2D eigenvalue weighted by molar-refractivity contribution is -0.392. The Morgan fingerprint density at radius 3 is 1.45 bits per heavy atom. The average Bonchev–Trinajstić information content (AvgIpc) is 3.57. The number of carboxylic acid groups (broad SMARTS) is 2. The molecule has 2 aromatic rings. The van der Waals surface area contributed by atoms with Gasteiger partial charge in [-0.05, 0) is 9.85 Å². The van der Waals surface area contributed by atoms with E-state index in [1.165, 1.54) is 31.6 Å². The Bertz CT molecular complexity index is 1150. The third kappa shape index (κ3) is 12.0. The van der Waals surface area contributed by atoms with Crippen LogP contribution in [-0.2, 0) is 41.7 Å². The number of nitro groups is 2. The molecule has 20 nitrogen and oxygen atoms in total. The average molecular weight is 599 g/mol. The molecule has 0 aliphatic carbocycles. The van der Waals surface area contributed by atoms with Crippen LogP contribution in [0.4, 0.5) is 11.6 Å². The predicted molar refractivity (Wildman–Crippen MR) is 137 cm³/mol. The molecule has 0 fully saturated rings. The highest BCUT2D eigenvalue weighted by molar-refractivity contribution is 5.74. The number of ether oxygens (including phenoxy) is 2. The van der Waals surface area contributed by atoms with E-state index in [0.717, 1.165) is 12.4 Å². The van der Waals surface area contributed by atoms with Crippen molar-refractivity contribution in [1.29, 1.82) is 0 Å². The zero-order valence-electron chi connectivity index (χ0n) is 22.3. The second-order valence-electron chi connectivity index (χ2n) is 8.76. The molecule has 2 aromatic heterocycles. The fraction of sp³-hybridized carbons (Fsp3) is 0.545. The quantitative estimate of drug-likeness (QED) is 0.0774. The summed E-state index contributed by atoms with van der Waals surface area (Å²) in [5, 5.41) is 40.2. The molecule has 0 amide bonds. The minimum absolute atomic E-state index is 0.0970. The van der Waals surface area contributed by atoms with Crippen molar-refractivity contribution in [3.05, 3.63) is 45.3 Å². The molecule has 42 heavy (non-hydrogen) atoms. The summed E-state index contributed by atoms with van der Waals surface area (Å²) in [7, 11) is 0. The van der Waals surface area contributed by atoms with Crippen LogP contribution < -0.4 is 0 Å². The van der Waals surface area contributed by atoms with Crippen molar-refractivity contribution in [3.63, 3.8) is 0 Å². The lowest BCUT2D eigenvalue weighted by Gasteiger charge is -2.24. The van der Waals surface area contributed by atoms with E-state index < -0.39 is 59.9 Å². The largest absolute Gasteiger partial charge is 0.480 e. The number of rotatable bonds is 21. The van der Waals surface area contributed by atoms with Gasteiger partial charge in [0.15, 0.2) is 12.7 Å². The second-order valence-corrected chi connectivity index (χ2v) is 8.76. The summed E-state index contributed by atoms with van der Waals surface area (Å²) >= 11 is 0. The molecule has 0 aromatic carbocycles. The normalized spacial score (nSPS) is 11.0. The highest BCUT2D eigenvalue weighted by atomic mass is 16.6. The molecule has 20 heteroatoms. The van der Waals surface area contributed by atoms with Crippen LogP contribution in [0.5, 0.6) is 0 Å². The van der Waals surface area contributed by atoms with Gasteiger partial charge >= 0.3 is 35.5 Å². The third-order valence-corrected chi connectivity index (χ3v) is 5.52. The van der Waals surface area contributed by atoms with Crippen LogP contribution in [0.1, 0.15) is 12.8 Å². The van der Waals surface area contributed by atoms with E-state index in [9.17, 15) is 49.6 Å². The minimum Gasteiger partial charge on any atom is -0.480 e. The number of esters is 2. The van der Waals surface area contributed by atoms with Crippen LogP contribution in [0, 0.1) is 20.2 Å². The highest BCUT2D eigenvalue weighted by Crippen LogP contribution is 2.11. The number of imidazole rings is 2. The Morgan fingerprint density at radius 1 is 0.738 bits per heavy atom. The van der Waals surface area contributed by atoms with Gasteiger partial charge in [-0.2, -0.15) is 0 Å². The van der Waals surface area contributed by atoms with Gasteiger partial charge in [-0.15, -0.1) is 0 Å². The van der Waals surface area contributed by atoms with Gasteiger partial charge in [0.2, 0.25) is 0 Å². The van der Waals surface area contributed by atoms with E-state index in [1.54, 1.807) is 0 Å². The van der Waals surface area contributed by atoms with E-state index in [2.05, 4.69) is 9.97 Å². The monoisotopic (exact) mass is 598 g/mol. The van der Waals surface area contributed by atoms with Gasteiger partial charge in [0, 0.05) is 25.9 Å². The SMILES string of the molecule is O=C(O)CN(CCN(CC(=O)O)CC(=O)OCCCn1cncc1[N+](=O)[O-])CC(=O)OCCCn1cncc1[N+](=O)[O-]. The van der Waals surface area contributed by atoms with Crippen molar-refractivity contribution in [3.8, 4) is 0 Å². The summed E-state index contributed by atoms with van der Waals surface area (Å²) in [6.07, 6.45) is 5.17. The van der Waals surface area contributed by atoms with Crippen molar-refractivity contribution in [1.82, 2.24) is 28.9 Å². The summed E-state index contributed by atoms with van der Waals surface area (Å²) in [4.78, 5) is 77.5. The number of aryl methyl sites for hydroxylation is 2. The molecule has 0 bridgehead atoms. The molecule has 0 saturated heterocycles. The number of aliphatic carboxylic acids is 2. The van der Waals surface area contributed by atoms with Gasteiger partial charge in [-0.1, -0.05) is 0 Å². The maximum Gasteiger partial charge on any atom is 0.342 e. The fourth-order valence-electron chi connectivity index (χ4n) is 3.67. The van der Waals surface area contributed by atoms with Crippen molar-refractivity contribution < 1.29 is 48.7 Å². The molecule has 0 aliphatic heterocycles. The Hall–Kier alpha value is -4.98. The Labute approximate surface area is 237 Å². The van der Waals surface area contributed by atoms with Gasteiger partial charge in [0.1, 0.15) is 12.4 Å². The van der Waals surface area contributed by atoms with Crippen LogP contribution in [-0.4, -0.2) is 125 Å². The summed E-state index contributed by atoms with van der Waals surface area (Å²) in [6.45, 7) is -2.10. The molecule has 0 atom stereocenters. The summed E-state index contributed by atoms with van der Waals surface area (Å²) in [6, 6.07) is 0. The predicted octanol–water partition coefficient (Wildman–Crippen LogP) is -0.764. The van der Waals surface area contributed by atoms with Crippen LogP contribution in [0.3, 0.4) is 0 Å². The standard InChI is InChI=1S/C22H30N8O12/c31-19(32)11-25(13-21(35)41-7-1-3-27-15-23-9-17(27)29(37)38)5-6-26(12-20(33)34)14-22(36)42-8-2-4-28-16-24-10-18(28)30(39)40/h9-10,15-16H,1-8,11-14H2,(H,31,32)(H,33,34). The number of carbonyl (C=O) groups is 4. The molecule has 2 heterocycles. The zero-order chi connectivity index (χ0) is 31.1. The van der Waals surface area contributed by atoms with Crippen LogP contribution >= 0.6 is 0 Å². The van der Waals surface area contributed by atoms with E-state index >= 15 is 0 Å². The third-order valence-electron chi connectivity index (χ3n) is 5.52. The summed E-state index contributed by atoms with van der Waals surface area (Å²) in [5.41, 5.74) is 0. The zero-order valence-corrected chi connectivity index (χ0v) is 22.3. The van der Waals surface area contributed by atoms with Crippen molar-refractivity contribution >= 4 is 35.5 Å². The lowest BCUT2D eigenvalue weighted by Crippen LogP contribution is -2.44. The molecule has 0 spiro atoms. The molecule has 0 aliphatic rings. The first-order valence-electron chi connectivity index (χ1n) is 12.4. The van der Waals surface area contributed by atoms with E-state index in [-0.39, 0.29) is 63.9 Å². The van der Waals surface area contributed by atoms with Gasteiger partial charge < -0.3 is 39.9 Å². The van der Waals surface area contributed by atoms with Gasteiger partial charge in [-0.3, -0.25) is 29.0 Å². The number of hydrogen-bond acceptors (Lipinski definition) is 14. The van der Waals surface area contributed by atoms with Crippen LogP contribution in [0.15, 0.2) is 25.0 Å². The highest BCUT2D eigenvalue weighted by Gasteiger charge is 2.20. The van der Waals surface area contributed by atoms with Crippen molar-refractivity contribution in [2.75, 3.05) is 52.5 Å². The topological polar surface area (TPSA) is 256 Å². The lowest BCUT2D eigenvalue weighted by atomic mass is 10.3. The molecule has 2 N–H and O–H groups in total. The second kappa shape index (κ2) is 17.0. The number of aromatic nitrogens is 4. The molecule has 0 radical (unpaired) electrons. The molecular weight excluding hydrogens is 568 g/mol. The Balaban J connectivity index is 1.79. The molecule has 0 saturated carbocycles. The number of nitrogens with zero attached hydrogens (tertiary/aromatic N) is 8. The van der Waals surface area contributed by atoms with Gasteiger partial charge in [0.25, 0.3) is 0 Å². The van der Waals surface area contributed by atoms with Gasteiger partial charge in [0.05, 0.1) is 52.5 Å². The van der Waals surface area contributed by atoms with E-state index in [4.69, 9.17) is 9.47 Å². The van der Waals surface area contributed by atoms with E-state index in [1.807, 2.05) is 0 Å². The maximum atomic E-state index is 12.3. The molecule has 2 rings (SSSR count). The number of carbonyl (C=O) groups excluding carboxylic acids is 2. The first kappa shape index (κ1) is 33.2. The van der Waals surface area contributed by atoms with Crippen LogP contribution in [0.25, 0.3) is 0 Å². The smallest absolute Gasteiger partial charge is 0.342 e. The van der Waals surface area contributed by atoms with Crippen molar-refractivity contribution in [2.24, 2.45) is 0 Å². The molecular formula is C22H30N8O12. The first-order chi connectivity index (χ1) is 20.0. The van der Waals surface area contributed by atoms with Gasteiger partial charge in [-0.25, -0.2) is 19.1 Å². The minimum atomic E-state index is -1.25.